The standard InChI is InChI=1S/C23H29N3O2S/c1-17-7-9-20(10-8-17)29-16-22(28)26-13-11-25(12-14-26)15-21(27)24-23-18(2)5-4-6-19(23)3/h4-10H,11-16H2,1-3H3,(H,24,27). The monoisotopic (exact) mass is 411 g/mol. The van der Waals surface area contributed by atoms with Gasteiger partial charge in [-0.1, -0.05) is 35.9 Å². The van der Waals surface area contributed by atoms with Crippen molar-refractivity contribution < 1.29 is 9.59 Å². The van der Waals surface area contributed by atoms with E-state index in [1.807, 2.05) is 36.9 Å². The number of amides is 2. The van der Waals surface area contributed by atoms with E-state index >= 15 is 0 Å². The lowest BCUT2D eigenvalue weighted by molar-refractivity contribution is -0.130. The zero-order valence-corrected chi connectivity index (χ0v) is 18.2. The minimum absolute atomic E-state index is 0.00268. The number of rotatable bonds is 6. The van der Waals surface area contributed by atoms with Crippen molar-refractivity contribution >= 4 is 29.3 Å². The fourth-order valence-corrected chi connectivity index (χ4v) is 4.22. The molecule has 1 aliphatic heterocycles. The number of hydrogen-bond acceptors (Lipinski definition) is 4. The molecule has 0 bridgehead atoms. The van der Waals surface area contributed by atoms with Crippen LogP contribution >= 0.6 is 11.8 Å². The first-order chi connectivity index (χ1) is 13.9. The molecule has 2 amide bonds. The van der Waals surface area contributed by atoms with Gasteiger partial charge >= 0.3 is 0 Å². The van der Waals surface area contributed by atoms with E-state index in [-0.39, 0.29) is 11.8 Å². The third-order valence-electron chi connectivity index (χ3n) is 5.22. The van der Waals surface area contributed by atoms with Gasteiger partial charge in [-0.25, -0.2) is 0 Å². The summed E-state index contributed by atoms with van der Waals surface area (Å²) in [6, 6.07) is 14.2. The number of carbonyl (C=O) groups excluding carboxylic acids is 2. The summed E-state index contributed by atoms with van der Waals surface area (Å²) in [5.41, 5.74) is 4.26. The SMILES string of the molecule is Cc1ccc(SCC(=O)N2CCN(CC(=O)Nc3c(C)cccc3C)CC2)cc1. The van der Waals surface area contributed by atoms with Gasteiger partial charge in [0, 0.05) is 36.8 Å². The van der Waals surface area contributed by atoms with E-state index in [4.69, 9.17) is 0 Å². The smallest absolute Gasteiger partial charge is 0.238 e. The Hall–Kier alpha value is -2.31. The second kappa shape index (κ2) is 9.94. The van der Waals surface area contributed by atoms with Crippen LogP contribution in [0.4, 0.5) is 5.69 Å². The molecule has 0 aliphatic carbocycles. The molecule has 1 N–H and O–H groups in total. The number of carbonyl (C=O) groups is 2. The lowest BCUT2D eigenvalue weighted by atomic mass is 10.1. The maximum absolute atomic E-state index is 12.5. The van der Waals surface area contributed by atoms with Gasteiger partial charge in [0.25, 0.3) is 0 Å². The van der Waals surface area contributed by atoms with Crippen molar-refractivity contribution in [1.29, 1.82) is 0 Å². The average Bonchev–Trinajstić information content (AvgIpc) is 2.71. The fourth-order valence-electron chi connectivity index (χ4n) is 3.42. The van der Waals surface area contributed by atoms with Gasteiger partial charge in [-0.05, 0) is 44.0 Å². The lowest BCUT2D eigenvalue weighted by Crippen LogP contribution is -2.50. The Morgan fingerprint density at radius 1 is 0.931 bits per heavy atom. The van der Waals surface area contributed by atoms with Crippen LogP contribution in [0.15, 0.2) is 47.4 Å². The molecule has 2 aromatic carbocycles. The summed E-state index contributed by atoms with van der Waals surface area (Å²) in [7, 11) is 0. The summed E-state index contributed by atoms with van der Waals surface area (Å²) in [4.78, 5) is 30.1. The van der Waals surface area contributed by atoms with Gasteiger partial charge < -0.3 is 10.2 Å². The summed E-state index contributed by atoms with van der Waals surface area (Å²) in [6.45, 7) is 9.20. The number of anilines is 1. The summed E-state index contributed by atoms with van der Waals surface area (Å²) in [5.74, 6) is 0.614. The van der Waals surface area contributed by atoms with Crippen LogP contribution in [0.25, 0.3) is 0 Å². The number of para-hydroxylation sites is 1. The number of benzene rings is 2. The molecule has 1 fully saturated rings. The molecule has 1 aliphatic rings. The molecule has 0 atom stereocenters. The van der Waals surface area contributed by atoms with Crippen molar-refractivity contribution in [2.75, 3.05) is 43.8 Å². The van der Waals surface area contributed by atoms with Gasteiger partial charge in [0.15, 0.2) is 0 Å². The first-order valence-electron chi connectivity index (χ1n) is 9.98. The molecule has 1 heterocycles. The van der Waals surface area contributed by atoms with Crippen LogP contribution in [-0.4, -0.2) is 60.1 Å². The van der Waals surface area contributed by atoms with E-state index in [9.17, 15) is 9.59 Å². The average molecular weight is 412 g/mol. The summed E-state index contributed by atoms with van der Waals surface area (Å²) in [6.07, 6.45) is 0. The highest BCUT2D eigenvalue weighted by atomic mass is 32.2. The summed E-state index contributed by atoms with van der Waals surface area (Å²) < 4.78 is 0. The molecule has 6 heteroatoms. The summed E-state index contributed by atoms with van der Waals surface area (Å²) in [5, 5.41) is 3.04. The quantitative estimate of drug-likeness (QED) is 0.740. The molecule has 0 aromatic heterocycles. The number of nitrogens with zero attached hydrogens (tertiary/aromatic N) is 2. The fraction of sp³-hybridized carbons (Fsp3) is 0.391. The van der Waals surface area contributed by atoms with Crippen LogP contribution in [0.2, 0.25) is 0 Å². The molecule has 154 valence electrons. The van der Waals surface area contributed by atoms with Crippen molar-refractivity contribution in [1.82, 2.24) is 9.80 Å². The molecule has 0 spiro atoms. The second-order valence-corrected chi connectivity index (χ2v) is 8.62. The number of aryl methyl sites for hydroxylation is 3. The molecule has 3 rings (SSSR count). The Kier molecular flexibility index (Phi) is 7.34. The molecule has 0 unspecified atom stereocenters. The first kappa shape index (κ1) is 21.4. The van der Waals surface area contributed by atoms with Crippen molar-refractivity contribution in [3.05, 3.63) is 59.2 Å². The van der Waals surface area contributed by atoms with Crippen molar-refractivity contribution in [3.63, 3.8) is 0 Å². The van der Waals surface area contributed by atoms with Crippen LogP contribution in [0.3, 0.4) is 0 Å². The maximum Gasteiger partial charge on any atom is 0.238 e. The molecular weight excluding hydrogens is 382 g/mol. The van der Waals surface area contributed by atoms with Crippen molar-refractivity contribution in [3.8, 4) is 0 Å². The highest BCUT2D eigenvalue weighted by molar-refractivity contribution is 8.00. The topological polar surface area (TPSA) is 52.7 Å². The number of hydrogen-bond donors (Lipinski definition) is 1. The Morgan fingerprint density at radius 3 is 2.17 bits per heavy atom. The highest BCUT2D eigenvalue weighted by Gasteiger charge is 2.22. The van der Waals surface area contributed by atoms with E-state index in [2.05, 4.69) is 41.4 Å². The molecule has 29 heavy (non-hydrogen) atoms. The van der Waals surface area contributed by atoms with E-state index < -0.39 is 0 Å². The van der Waals surface area contributed by atoms with Crippen LogP contribution in [0.5, 0.6) is 0 Å². The zero-order chi connectivity index (χ0) is 20.8. The third kappa shape index (κ3) is 6.08. The first-order valence-corrected chi connectivity index (χ1v) is 11.0. The minimum Gasteiger partial charge on any atom is -0.339 e. The van der Waals surface area contributed by atoms with Crippen LogP contribution < -0.4 is 5.32 Å². The van der Waals surface area contributed by atoms with E-state index in [1.54, 1.807) is 11.8 Å². The van der Waals surface area contributed by atoms with Gasteiger partial charge in [0.05, 0.1) is 12.3 Å². The van der Waals surface area contributed by atoms with E-state index in [0.717, 1.165) is 34.8 Å². The molecule has 0 radical (unpaired) electrons. The highest BCUT2D eigenvalue weighted by Crippen LogP contribution is 2.20. The largest absolute Gasteiger partial charge is 0.339 e. The van der Waals surface area contributed by atoms with E-state index in [0.29, 0.717) is 25.4 Å². The molecule has 5 nitrogen and oxygen atoms in total. The molecule has 2 aromatic rings. The van der Waals surface area contributed by atoms with Gasteiger partial charge in [0.1, 0.15) is 0 Å². The van der Waals surface area contributed by atoms with E-state index in [1.165, 1.54) is 5.56 Å². The van der Waals surface area contributed by atoms with Gasteiger partial charge in [-0.2, -0.15) is 0 Å². The Balaban J connectivity index is 1.42. The molecule has 0 saturated carbocycles. The predicted octanol–water partition coefficient (Wildman–Crippen LogP) is 3.49. The van der Waals surface area contributed by atoms with Gasteiger partial charge in [-0.3, -0.25) is 14.5 Å². The zero-order valence-electron chi connectivity index (χ0n) is 17.4. The third-order valence-corrected chi connectivity index (χ3v) is 6.22. The maximum atomic E-state index is 12.5. The predicted molar refractivity (Wildman–Crippen MR) is 119 cm³/mol. The Labute approximate surface area is 177 Å². The molecule has 1 saturated heterocycles. The normalized spacial score (nSPS) is 14.7. The number of nitrogens with one attached hydrogen (secondary N) is 1. The second-order valence-electron chi connectivity index (χ2n) is 7.57. The number of piperazine rings is 1. The van der Waals surface area contributed by atoms with Crippen LogP contribution in [0, 0.1) is 20.8 Å². The van der Waals surface area contributed by atoms with Gasteiger partial charge in [-0.15, -0.1) is 11.8 Å². The van der Waals surface area contributed by atoms with Crippen LogP contribution in [0.1, 0.15) is 16.7 Å². The lowest BCUT2D eigenvalue weighted by Gasteiger charge is -2.34. The van der Waals surface area contributed by atoms with Gasteiger partial charge in [0.2, 0.25) is 11.8 Å². The Morgan fingerprint density at radius 2 is 1.55 bits per heavy atom. The molecular formula is C23H29N3O2S. The number of thioether (sulfide) groups is 1. The minimum atomic E-state index is -0.00268. The van der Waals surface area contributed by atoms with Crippen molar-refractivity contribution in [2.45, 2.75) is 25.7 Å². The van der Waals surface area contributed by atoms with Crippen LogP contribution in [-0.2, 0) is 9.59 Å². The summed E-state index contributed by atoms with van der Waals surface area (Å²) >= 11 is 1.58. The van der Waals surface area contributed by atoms with Crippen molar-refractivity contribution in [2.24, 2.45) is 0 Å². The Bertz CT molecular complexity index is 839.